The fourth-order valence-electron chi connectivity index (χ4n) is 1.48. The molecular formula is C13H10ClFN2O. The molecule has 1 aromatic heterocycles. The molecule has 0 fully saturated rings. The summed E-state index contributed by atoms with van der Waals surface area (Å²) in [5.74, 6) is -0.714. The van der Waals surface area contributed by atoms with Crippen molar-refractivity contribution in [1.82, 2.24) is 4.98 Å². The second-order valence-electron chi connectivity index (χ2n) is 3.73. The molecule has 92 valence electrons. The summed E-state index contributed by atoms with van der Waals surface area (Å²) in [6, 6.07) is 7.51. The van der Waals surface area contributed by atoms with Gasteiger partial charge in [-0.25, -0.2) is 9.37 Å². The van der Waals surface area contributed by atoms with Crippen molar-refractivity contribution in [3.63, 3.8) is 0 Å². The first-order valence-electron chi connectivity index (χ1n) is 5.26. The monoisotopic (exact) mass is 264 g/mol. The first-order chi connectivity index (χ1) is 8.58. The molecular weight excluding hydrogens is 255 g/mol. The molecule has 0 atom stereocenters. The van der Waals surface area contributed by atoms with Gasteiger partial charge in [-0.3, -0.25) is 4.79 Å². The number of carbonyl (C=O) groups is 1. The molecule has 1 amide bonds. The van der Waals surface area contributed by atoms with Crippen LogP contribution in [0.25, 0.3) is 0 Å². The Hall–Kier alpha value is -1.94. The summed E-state index contributed by atoms with van der Waals surface area (Å²) in [5.41, 5.74) is 1.21. The molecule has 0 saturated heterocycles. The second kappa shape index (κ2) is 5.14. The maximum Gasteiger partial charge on any atom is 0.255 e. The van der Waals surface area contributed by atoms with E-state index in [1.165, 1.54) is 30.5 Å². The van der Waals surface area contributed by atoms with Gasteiger partial charge in [-0.1, -0.05) is 17.7 Å². The van der Waals surface area contributed by atoms with Gasteiger partial charge in [0.1, 0.15) is 11.0 Å². The fourth-order valence-corrected chi connectivity index (χ4v) is 1.65. The van der Waals surface area contributed by atoms with Crippen molar-refractivity contribution in [3.05, 3.63) is 58.6 Å². The Kier molecular flexibility index (Phi) is 3.58. The number of rotatable bonds is 2. The van der Waals surface area contributed by atoms with Gasteiger partial charge in [-0.15, -0.1) is 0 Å². The van der Waals surface area contributed by atoms with E-state index < -0.39 is 0 Å². The molecule has 0 spiro atoms. The summed E-state index contributed by atoms with van der Waals surface area (Å²) in [5, 5.41) is 2.86. The summed E-state index contributed by atoms with van der Waals surface area (Å²) in [6.45, 7) is 1.60. The van der Waals surface area contributed by atoms with Gasteiger partial charge < -0.3 is 5.32 Å². The van der Waals surface area contributed by atoms with Crippen LogP contribution in [0.15, 0.2) is 36.5 Å². The third kappa shape index (κ3) is 2.65. The smallest absolute Gasteiger partial charge is 0.255 e. The molecule has 0 aliphatic carbocycles. The Morgan fingerprint density at radius 1 is 1.39 bits per heavy atom. The van der Waals surface area contributed by atoms with Crippen molar-refractivity contribution in [2.75, 3.05) is 5.32 Å². The van der Waals surface area contributed by atoms with E-state index in [1.807, 2.05) is 0 Å². The number of carbonyl (C=O) groups excluding carboxylic acids is 1. The molecule has 3 nitrogen and oxygen atoms in total. The molecule has 1 aromatic carbocycles. The summed E-state index contributed by atoms with van der Waals surface area (Å²) < 4.78 is 13.3. The predicted molar refractivity (Wildman–Crippen MR) is 68.3 cm³/mol. The molecule has 1 N–H and O–H groups in total. The average Bonchev–Trinajstić information content (AvgIpc) is 2.35. The molecule has 1 heterocycles. The number of pyridine rings is 1. The van der Waals surface area contributed by atoms with Crippen LogP contribution in [0.1, 0.15) is 15.9 Å². The number of benzene rings is 1. The molecule has 0 aliphatic heterocycles. The van der Waals surface area contributed by atoms with Crippen LogP contribution in [0.2, 0.25) is 5.15 Å². The predicted octanol–water partition coefficient (Wildman–Crippen LogP) is 3.43. The molecule has 2 rings (SSSR count). The zero-order valence-corrected chi connectivity index (χ0v) is 10.3. The molecule has 0 unspecified atom stereocenters. The molecule has 2 aromatic rings. The lowest BCUT2D eigenvalue weighted by Crippen LogP contribution is -2.13. The number of nitrogens with one attached hydrogen (secondary N) is 1. The highest BCUT2D eigenvalue weighted by atomic mass is 35.5. The lowest BCUT2D eigenvalue weighted by atomic mass is 10.1. The van der Waals surface area contributed by atoms with Crippen molar-refractivity contribution in [1.29, 1.82) is 0 Å². The highest BCUT2D eigenvalue weighted by Gasteiger charge is 2.10. The van der Waals surface area contributed by atoms with E-state index in [0.717, 1.165) is 0 Å². The standard InChI is InChI=1S/C13H10ClFN2O/c1-8-10(15)3-2-4-11(8)17-13(18)9-5-6-16-12(14)7-9/h2-7H,1H3,(H,17,18). The molecule has 0 bridgehead atoms. The number of amides is 1. The van der Waals surface area contributed by atoms with Gasteiger partial charge in [0.15, 0.2) is 0 Å². The molecule has 0 radical (unpaired) electrons. The zero-order valence-electron chi connectivity index (χ0n) is 9.58. The first kappa shape index (κ1) is 12.5. The van der Waals surface area contributed by atoms with Crippen molar-refractivity contribution >= 4 is 23.2 Å². The minimum atomic E-state index is -0.361. The van der Waals surface area contributed by atoms with Gasteiger partial charge in [0.05, 0.1) is 0 Å². The second-order valence-corrected chi connectivity index (χ2v) is 4.12. The van der Waals surface area contributed by atoms with Gasteiger partial charge in [0.2, 0.25) is 0 Å². The minimum Gasteiger partial charge on any atom is -0.322 e. The van der Waals surface area contributed by atoms with E-state index >= 15 is 0 Å². The van der Waals surface area contributed by atoms with Crippen LogP contribution in [0, 0.1) is 12.7 Å². The summed E-state index contributed by atoms with van der Waals surface area (Å²) in [6.07, 6.45) is 1.44. The van der Waals surface area contributed by atoms with E-state index in [1.54, 1.807) is 13.0 Å². The summed E-state index contributed by atoms with van der Waals surface area (Å²) >= 11 is 5.70. The van der Waals surface area contributed by atoms with Gasteiger partial charge in [-0.2, -0.15) is 0 Å². The lowest BCUT2D eigenvalue weighted by Gasteiger charge is -2.08. The Bertz CT molecular complexity index is 601. The van der Waals surface area contributed by atoms with Crippen LogP contribution in [0.4, 0.5) is 10.1 Å². The molecule has 18 heavy (non-hydrogen) atoms. The van der Waals surface area contributed by atoms with Crippen molar-refractivity contribution in [3.8, 4) is 0 Å². The van der Waals surface area contributed by atoms with Crippen molar-refractivity contribution in [2.45, 2.75) is 6.92 Å². The highest BCUT2D eigenvalue weighted by molar-refractivity contribution is 6.29. The third-order valence-corrected chi connectivity index (χ3v) is 2.71. The number of anilines is 1. The molecule has 0 saturated carbocycles. The van der Waals surface area contributed by atoms with E-state index in [2.05, 4.69) is 10.3 Å². The minimum absolute atomic E-state index is 0.235. The Labute approximate surface area is 109 Å². The Balaban J connectivity index is 2.24. The van der Waals surface area contributed by atoms with Crippen LogP contribution in [0.3, 0.4) is 0 Å². The Morgan fingerprint density at radius 2 is 2.17 bits per heavy atom. The largest absolute Gasteiger partial charge is 0.322 e. The van der Waals surface area contributed by atoms with E-state index in [4.69, 9.17) is 11.6 Å². The maximum atomic E-state index is 13.3. The zero-order chi connectivity index (χ0) is 13.1. The van der Waals surface area contributed by atoms with Crippen molar-refractivity contribution in [2.24, 2.45) is 0 Å². The normalized spacial score (nSPS) is 10.2. The first-order valence-corrected chi connectivity index (χ1v) is 5.64. The van der Waals surface area contributed by atoms with Gasteiger partial charge in [0, 0.05) is 23.0 Å². The van der Waals surface area contributed by atoms with E-state index in [-0.39, 0.29) is 16.9 Å². The third-order valence-electron chi connectivity index (χ3n) is 2.50. The SMILES string of the molecule is Cc1c(F)cccc1NC(=O)c1ccnc(Cl)c1. The number of hydrogen-bond donors (Lipinski definition) is 1. The molecule has 5 heteroatoms. The number of hydrogen-bond acceptors (Lipinski definition) is 2. The number of halogens is 2. The summed E-state index contributed by atoms with van der Waals surface area (Å²) in [4.78, 5) is 15.7. The van der Waals surface area contributed by atoms with Crippen LogP contribution in [-0.4, -0.2) is 10.9 Å². The van der Waals surface area contributed by atoms with Gasteiger partial charge in [-0.05, 0) is 31.2 Å². The molecule has 0 aliphatic rings. The van der Waals surface area contributed by atoms with Crippen LogP contribution >= 0.6 is 11.6 Å². The average molecular weight is 265 g/mol. The van der Waals surface area contributed by atoms with Gasteiger partial charge >= 0.3 is 0 Å². The lowest BCUT2D eigenvalue weighted by molar-refractivity contribution is 0.102. The van der Waals surface area contributed by atoms with Crippen LogP contribution in [0.5, 0.6) is 0 Å². The summed E-state index contributed by atoms with van der Waals surface area (Å²) in [7, 11) is 0. The highest BCUT2D eigenvalue weighted by Crippen LogP contribution is 2.18. The van der Waals surface area contributed by atoms with Crippen molar-refractivity contribution < 1.29 is 9.18 Å². The Morgan fingerprint density at radius 3 is 2.89 bits per heavy atom. The topological polar surface area (TPSA) is 42.0 Å². The van der Waals surface area contributed by atoms with E-state index in [0.29, 0.717) is 16.8 Å². The van der Waals surface area contributed by atoms with Crippen LogP contribution in [-0.2, 0) is 0 Å². The number of nitrogens with zero attached hydrogens (tertiary/aromatic N) is 1. The van der Waals surface area contributed by atoms with Crippen LogP contribution < -0.4 is 5.32 Å². The van der Waals surface area contributed by atoms with E-state index in [9.17, 15) is 9.18 Å². The fraction of sp³-hybridized carbons (Fsp3) is 0.0769. The maximum absolute atomic E-state index is 13.3. The van der Waals surface area contributed by atoms with Gasteiger partial charge in [0.25, 0.3) is 5.91 Å². The quantitative estimate of drug-likeness (QED) is 0.845. The number of aromatic nitrogens is 1.